The Hall–Kier alpha value is -2.57. The van der Waals surface area contributed by atoms with Crippen LogP contribution in [0.3, 0.4) is 0 Å². The Morgan fingerprint density at radius 2 is 1.71 bits per heavy atom. The van der Waals surface area contributed by atoms with E-state index in [-0.39, 0.29) is 0 Å². The maximum atomic E-state index is 11.9. The molecule has 2 aromatic heterocycles. The third-order valence-electron chi connectivity index (χ3n) is 4.34. The van der Waals surface area contributed by atoms with Crippen molar-refractivity contribution in [2.75, 3.05) is 0 Å². The molecule has 28 heavy (non-hydrogen) atoms. The van der Waals surface area contributed by atoms with Crippen LogP contribution in [0.2, 0.25) is 5.02 Å². The third kappa shape index (κ3) is 3.84. The van der Waals surface area contributed by atoms with Crippen molar-refractivity contribution >= 4 is 34.3 Å². The van der Waals surface area contributed by atoms with Gasteiger partial charge in [-0.1, -0.05) is 40.6 Å². The topological polar surface area (TPSA) is 69.1 Å². The Kier molecular flexibility index (Phi) is 5.00. The maximum absolute atomic E-state index is 11.9. The van der Waals surface area contributed by atoms with Gasteiger partial charge in [0, 0.05) is 27.8 Å². The molecular weight excluding hydrogens is 396 g/mol. The average molecular weight is 413 g/mol. The van der Waals surface area contributed by atoms with Crippen molar-refractivity contribution in [1.29, 1.82) is 0 Å². The van der Waals surface area contributed by atoms with Crippen LogP contribution in [0.5, 0.6) is 0 Å². The summed E-state index contributed by atoms with van der Waals surface area (Å²) in [7, 11) is 0. The second-order valence-electron chi connectivity index (χ2n) is 6.73. The summed E-state index contributed by atoms with van der Waals surface area (Å²) < 4.78 is 11.1. The highest BCUT2D eigenvalue weighted by molar-refractivity contribution is 7.98. The first-order chi connectivity index (χ1) is 13.4. The Bertz CT molecular complexity index is 1230. The summed E-state index contributed by atoms with van der Waals surface area (Å²) in [5.74, 6) is 0.959. The van der Waals surface area contributed by atoms with Gasteiger partial charge in [-0.3, -0.25) is 0 Å². The van der Waals surface area contributed by atoms with E-state index in [0.29, 0.717) is 27.5 Å². The predicted molar refractivity (Wildman–Crippen MR) is 111 cm³/mol. The smallest absolute Gasteiger partial charge is 0.336 e. The summed E-state index contributed by atoms with van der Waals surface area (Å²) in [4.78, 5) is 11.9. The molecule has 0 aliphatic heterocycles. The van der Waals surface area contributed by atoms with E-state index < -0.39 is 5.63 Å². The number of aromatic nitrogens is 2. The summed E-state index contributed by atoms with van der Waals surface area (Å²) in [5.41, 5.74) is 4.96. The highest BCUT2D eigenvalue weighted by Crippen LogP contribution is 2.30. The van der Waals surface area contributed by atoms with Gasteiger partial charge in [-0.05, 0) is 56.2 Å². The minimum absolute atomic E-state index is 0.397. The predicted octanol–water partition coefficient (Wildman–Crippen LogP) is 5.71. The molecular formula is C21H17ClN2O3S. The van der Waals surface area contributed by atoms with Crippen LogP contribution in [0.25, 0.3) is 22.4 Å². The van der Waals surface area contributed by atoms with Crippen molar-refractivity contribution in [3.8, 4) is 11.5 Å². The Balaban J connectivity index is 1.61. The summed E-state index contributed by atoms with van der Waals surface area (Å²) in [6.45, 7) is 5.93. The molecule has 5 nitrogen and oxygen atoms in total. The molecule has 0 spiro atoms. The van der Waals surface area contributed by atoms with Gasteiger partial charge < -0.3 is 8.83 Å². The van der Waals surface area contributed by atoms with Crippen molar-refractivity contribution in [1.82, 2.24) is 10.2 Å². The van der Waals surface area contributed by atoms with Gasteiger partial charge >= 0.3 is 5.63 Å². The summed E-state index contributed by atoms with van der Waals surface area (Å²) >= 11 is 7.61. The lowest BCUT2D eigenvalue weighted by Gasteiger charge is -2.06. The van der Waals surface area contributed by atoms with Crippen LogP contribution in [0.1, 0.15) is 22.3 Å². The summed E-state index contributed by atoms with van der Waals surface area (Å²) in [6, 6.07) is 11.2. The minimum Gasteiger partial charge on any atom is -0.423 e. The lowest BCUT2D eigenvalue weighted by Crippen LogP contribution is -2.00. The van der Waals surface area contributed by atoms with Crippen LogP contribution < -0.4 is 5.63 Å². The number of hydrogen-bond donors (Lipinski definition) is 0. The first kappa shape index (κ1) is 18.8. The molecule has 0 aliphatic carbocycles. The average Bonchev–Trinajstić information content (AvgIpc) is 3.09. The highest BCUT2D eigenvalue weighted by Gasteiger charge is 2.13. The number of benzene rings is 2. The van der Waals surface area contributed by atoms with Crippen molar-refractivity contribution in [3.05, 3.63) is 74.1 Å². The number of halogens is 1. The molecule has 0 radical (unpaired) electrons. The lowest BCUT2D eigenvalue weighted by molar-refractivity contribution is 0.465. The number of hydrogen-bond acceptors (Lipinski definition) is 6. The van der Waals surface area contributed by atoms with Gasteiger partial charge in [0.15, 0.2) is 0 Å². The molecule has 7 heteroatoms. The lowest BCUT2D eigenvalue weighted by atomic mass is 10.1. The van der Waals surface area contributed by atoms with E-state index in [0.717, 1.165) is 33.2 Å². The highest BCUT2D eigenvalue weighted by atomic mass is 35.5. The molecule has 4 rings (SSSR count). The van der Waals surface area contributed by atoms with Crippen LogP contribution >= 0.6 is 23.4 Å². The van der Waals surface area contributed by atoms with Crippen molar-refractivity contribution < 1.29 is 8.83 Å². The van der Waals surface area contributed by atoms with E-state index in [9.17, 15) is 4.79 Å². The van der Waals surface area contributed by atoms with E-state index in [1.165, 1.54) is 17.8 Å². The Morgan fingerprint density at radius 1 is 0.964 bits per heavy atom. The van der Waals surface area contributed by atoms with Crippen molar-refractivity contribution in [2.45, 2.75) is 31.7 Å². The van der Waals surface area contributed by atoms with E-state index in [4.69, 9.17) is 20.4 Å². The van der Waals surface area contributed by atoms with E-state index in [2.05, 4.69) is 16.3 Å². The molecule has 0 N–H and O–H groups in total. The van der Waals surface area contributed by atoms with Crippen LogP contribution in [0.4, 0.5) is 0 Å². The third-order valence-corrected chi connectivity index (χ3v) is 5.61. The molecule has 0 saturated carbocycles. The quantitative estimate of drug-likeness (QED) is 0.315. The molecule has 142 valence electrons. The maximum Gasteiger partial charge on any atom is 0.336 e. The SMILES string of the molecule is Cc1cc(C)cc(-c2nnc(SCc3cc(=O)oc4cc(C)c(Cl)cc34)o2)c1. The zero-order valence-electron chi connectivity index (χ0n) is 15.6. The van der Waals surface area contributed by atoms with E-state index in [1.807, 2.05) is 39.0 Å². The van der Waals surface area contributed by atoms with Gasteiger partial charge in [0.25, 0.3) is 5.22 Å². The van der Waals surface area contributed by atoms with Crippen molar-refractivity contribution in [3.63, 3.8) is 0 Å². The van der Waals surface area contributed by atoms with E-state index in [1.54, 1.807) is 6.07 Å². The van der Waals surface area contributed by atoms with E-state index >= 15 is 0 Å². The first-order valence-electron chi connectivity index (χ1n) is 8.67. The first-order valence-corrected chi connectivity index (χ1v) is 10.0. The number of thioether (sulfide) groups is 1. The van der Waals surface area contributed by atoms with Gasteiger partial charge in [-0.2, -0.15) is 0 Å². The van der Waals surface area contributed by atoms with Crippen LogP contribution in [0, 0.1) is 20.8 Å². The molecule has 0 unspecified atom stereocenters. The second kappa shape index (κ2) is 7.45. The van der Waals surface area contributed by atoms with Crippen LogP contribution in [-0.2, 0) is 5.75 Å². The number of rotatable bonds is 4. The molecule has 0 amide bonds. The fraction of sp³-hybridized carbons (Fsp3) is 0.190. The summed E-state index contributed by atoms with van der Waals surface area (Å²) in [6.07, 6.45) is 0. The van der Waals surface area contributed by atoms with Crippen molar-refractivity contribution in [2.24, 2.45) is 0 Å². The Morgan fingerprint density at radius 3 is 2.46 bits per heavy atom. The van der Waals surface area contributed by atoms with Crippen LogP contribution in [0.15, 0.2) is 55.2 Å². The zero-order chi connectivity index (χ0) is 19.8. The molecule has 4 aromatic rings. The van der Waals surface area contributed by atoms with Gasteiger partial charge in [0.1, 0.15) is 5.58 Å². The number of aryl methyl sites for hydroxylation is 3. The van der Waals surface area contributed by atoms with Crippen LogP contribution in [-0.4, -0.2) is 10.2 Å². The Labute approximate surface area is 170 Å². The molecule has 2 aromatic carbocycles. The standard InChI is InChI=1S/C21H17ClN2O3S/c1-11-4-12(2)6-14(5-11)20-23-24-21(27-20)28-10-15-8-19(25)26-18-7-13(3)17(22)9-16(15)18/h4-9H,10H2,1-3H3. The number of fused-ring (bicyclic) bond motifs is 1. The van der Waals surface area contributed by atoms with Gasteiger partial charge in [0.05, 0.1) is 0 Å². The normalized spacial score (nSPS) is 11.3. The molecule has 0 bridgehead atoms. The minimum atomic E-state index is -0.397. The van der Waals surface area contributed by atoms with Gasteiger partial charge in [0.2, 0.25) is 5.89 Å². The monoisotopic (exact) mass is 412 g/mol. The van der Waals surface area contributed by atoms with Gasteiger partial charge in [-0.15, -0.1) is 10.2 Å². The summed E-state index contributed by atoms with van der Waals surface area (Å²) in [5, 5.41) is 10.1. The molecule has 0 saturated heterocycles. The largest absolute Gasteiger partial charge is 0.423 e. The fourth-order valence-electron chi connectivity index (χ4n) is 3.09. The fourth-order valence-corrected chi connectivity index (χ4v) is 4.01. The molecule has 2 heterocycles. The molecule has 0 fully saturated rings. The molecule has 0 aliphatic rings. The zero-order valence-corrected chi connectivity index (χ0v) is 17.1. The second-order valence-corrected chi connectivity index (χ2v) is 8.06. The van der Waals surface area contributed by atoms with Gasteiger partial charge in [-0.25, -0.2) is 4.79 Å². The number of nitrogens with zero attached hydrogens (tertiary/aromatic N) is 2. The molecule has 0 atom stereocenters.